The van der Waals surface area contributed by atoms with Gasteiger partial charge in [-0.05, 0) is 53.4 Å². The van der Waals surface area contributed by atoms with E-state index in [1.165, 1.54) is 5.56 Å². The molecule has 0 N–H and O–H groups in total. The van der Waals surface area contributed by atoms with Crippen LogP contribution in [0.5, 0.6) is 5.75 Å². The van der Waals surface area contributed by atoms with Crippen LogP contribution in [0.25, 0.3) is 0 Å². The molecule has 4 nitrogen and oxygen atoms in total. The molecule has 1 saturated heterocycles. The third kappa shape index (κ3) is 4.46. The molecule has 0 unspecified atom stereocenters. The molecule has 0 bridgehead atoms. The van der Waals surface area contributed by atoms with E-state index in [1.807, 2.05) is 36.9 Å². The number of nitrogens with zero attached hydrogens (tertiary/aromatic N) is 1. The Labute approximate surface area is 140 Å². The van der Waals surface area contributed by atoms with Gasteiger partial charge in [0.1, 0.15) is 5.75 Å². The number of amides is 1. The van der Waals surface area contributed by atoms with Crippen molar-refractivity contribution in [2.45, 2.75) is 45.8 Å². The molecule has 1 aliphatic heterocycles. The van der Waals surface area contributed by atoms with Gasteiger partial charge in [-0.1, -0.05) is 19.9 Å². The molecule has 5 heteroatoms. The van der Waals surface area contributed by atoms with Crippen molar-refractivity contribution >= 4 is 21.8 Å². The third-order valence-electron chi connectivity index (χ3n) is 3.75. The summed E-state index contributed by atoms with van der Waals surface area (Å²) in [4.78, 5) is 14.1. The van der Waals surface area contributed by atoms with Crippen LogP contribution in [-0.2, 0) is 9.53 Å². The normalized spacial score (nSPS) is 22.0. The van der Waals surface area contributed by atoms with Gasteiger partial charge < -0.3 is 14.4 Å². The largest absolute Gasteiger partial charge is 0.483 e. The minimum absolute atomic E-state index is 0.00170. The lowest BCUT2D eigenvalue weighted by Gasteiger charge is -2.35. The molecule has 2 atom stereocenters. The van der Waals surface area contributed by atoms with E-state index >= 15 is 0 Å². The number of carbonyl (C=O) groups excluding carboxylic acids is 1. The van der Waals surface area contributed by atoms with Crippen LogP contribution in [0.1, 0.15) is 39.2 Å². The van der Waals surface area contributed by atoms with Crippen molar-refractivity contribution < 1.29 is 14.3 Å². The Bertz CT molecular complexity index is 523. The van der Waals surface area contributed by atoms with Gasteiger partial charge in [0.2, 0.25) is 0 Å². The van der Waals surface area contributed by atoms with Crippen molar-refractivity contribution in [1.29, 1.82) is 0 Å². The second-order valence-corrected chi connectivity index (χ2v) is 7.04. The fraction of sp³-hybridized carbons (Fsp3) is 0.588. The number of morpholine rings is 1. The fourth-order valence-corrected chi connectivity index (χ4v) is 3.12. The van der Waals surface area contributed by atoms with E-state index in [0.717, 1.165) is 4.47 Å². The predicted molar refractivity (Wildman–Crippen MR) is 90.3 cm³/mol. The van der Waals surface area contributed by atoms with Crippen LogP contribution in [0.2, 0.25) is 0 Å². The highest BCUT2D eigenvalue weighted by molar-refractivity contribution is 9.10. The topological polar surface area (TPSA) is 38.8 Å². The van der Waals surface area contributed by atoms with Crippen molar-refractivity contribution in [2.75, 3.05) is 19.7 Å². The minimum atomic E-state index is 0.00170. The minimum Gasteiger partial charge on any atom is -0.483 e. The molecule has 1 fully saturated rings. The monoisotopic (exact) mass is 369 g/mol. The van der Waals surface area contributed by atoms with Crippen LogP contribution in [0.3, 0.4) is 0 Å². The SMILES string of the molecule is CC(C)c1ccc(OCC(=O)N2C[C@@H](C)O[C@@H](C)C2)c(Br)c1. The summed E-state index contributed by atoms with van der Waals surface area (Å²) in [7, 11) is 0. The predicted octanol–water partition coefficient (Wildman–Crippen LogP) is 3.59. The quantitative estimate of drug-likeness (QED) is 0.813. The summed E-state index contributed by atoms with van der Waals surface area (Å²) in [5.74, 6) is 1.16. The Morgan fingerprint density at radius 2 is 2.00 bits per heavy atom. The summed E-state index contributed by atoms with van der Waals surface area (Å²) in [5.41, 5.74) is 1.24. The third-order valence-corrected chi connectivity index (χ3v) is 4.37. The van der Waals surface area contributed by atoms with Crippen molar-refractivity contribution in [1.82, 2.24) is 4.90 Å². The molecule has 0 spiro atoms. The van der Waals surface area contributed by atoms with Crippen LogP contribution < -0.4 is 4.74 Å². The molecule has 0 aliphatic carbocycles. The maximum absolute atomic E-state index is 12.3. The molecule has 1 aromatic carbocycles. The maximum atomic E-state index is 12.3. The molecule has 1 aromatic rings. The van der Waals surface area contributed by atoms with E-state index in [2.05, 4.69) is 29.8 Å². The lowest BCUT2D eigenvalue weighted by atomic mass is 10.0. The molecule has 0 radical (unpaired) electrons. The van der Waals surface area contributed by atoms with Crippen LogP contribution in [0.4, 0.5) is 0 Å². The van der Waals surface area contributed by atoms with E-state index in [4.69, 9.17) is 9.47 Å². The number of rotatable bonds is 4. The van der Waals surface area contributed by atoms with Crippen molar-refractivity contribution in [2.24, 2.45) is 0 Å². The van der Waals surface area contributed by atoms with Gasteiger partial charge in [-0.25, -0.2) is 0 Å². The molecular weight excluding hydrogens is 346 g/mol. The van der Waals surface area contributed by atoms with Gasteiger partial charge in [0.25, 0.3) is 5.91 Å². The first-order valence-electron chi connectivity index (χ1n) is 7.72. The Kier molecular flexibility index (Phi) is 5.87. The van der Waals surface area contributed by atoms with E-state index in [0.29, 0.717) is 24.8 Å². The van der Waals surface area contributed by atoms with Gasteiger partial charge in [0, 0.05) is 13.1 Å². The van der Waals surface area contributed by atoms with E-state index < -0.39 is 0 Å². The first-order chi connectivity index (χ1) is 10.4. The van der Waals surface area contributed by atoms with Gasteiger partial charge in [-0.15, -0.1) is 0 Å². The zero-order chi connectivity index (χ0) is 16.3. The molecule has 1 aliphatic rings. The van der Waals surface area contributed by atoms with Crippen molar-refractivity contribution in [3.63, 3.8) is 0 Å². The number of ether oxygens (including phenoxy) is 2. The number of carbonyl (C=O) groups is 1. The number of hydrogen-bond donors (Lipinski definition) is 0. The summed E-state index contributed by atoms with van der Waals surface area (Å²) < 4.78 is 12.2. The second kappa shape index (κ2) is 7.47. The van der Waals surface area contributed by atoms with Gasteiger partial charge in [-0.2, -0.15) is 0 Å². The summed E-state index contributed by atoms with van der Waals surface area (Å²) in [6, 6.07) is 5.99. The molecule has 0 saturated carbocycles. The average molecular weight is 370 g/mol. The van der Waals surface area contributed by atoms with Gasteiger partial charge in [0.05, 0.1) is 16.7 Å². The molecule has 0 aromatic heterocycles. The fourth-order valence-electron chi connectivity index (χ4n) is 2.61. The molecular formula is C17H24BrNO3. The summed E-state index contributed by atoms with van der Waals surface area (Å²) in [6.07, 6.45) is 0.148. The number of hydrogen-bond acceptors (Lipinski definition) is 3. The summed E-state index contributed by atoms with van der Waals surface area (Å²) in [6.45, 7) is 9.56. The average Bonchev–Trinajstić information content (AvgIpc) is 2.44. The Morgan fingerprint density at radius 3 is 2.55 bits per heavy atom. The lowest BCUT2D eigenvalue weighted by Crippen LogP contribution is -2.49. The molecule has 2 rings (SSSR count). The smallest absolute Gasteiger partial charge is 0.260 e. The Hall–Kier alpha value is -1.07. The zero-order valence-electron chi connectivity index (χ0n) is 13.6. The van der Waals surface area contributed by atoms with Crippen LogP contribution in [0, 0.1) is 0 Å². The van der Waals surface area contributed by atoms with Crippen molar-refractivity contribution in [3.8, 4) is 5.75 Å². The van der Waals surface area contributed by atoms with Crippen LogP contribution in [-0.4, -0.2) is 42.7 Å². The van der Waals surface area contributed by atoms with Crippen LogP contribution in [0.15, 0.2) is 22.7 Å². The van der Waals surface area contributed by atoms with Gasteiger partial charge >= 0.3 is 0 Å². The zero-order valence-corrected chi connectivity index (χ0v) is 15.2. The Balaban J connectivity index is 1.93. The second-order valence-electron chi connectivity index (χ2n) is 6.19. The highest BCUT2D eigenvalue weighted by atomic mass is 79.9. The van der Waals surface area contributed by atoms with Crippen molar-refractivity contribution in [3.05, 3.63) is 28.2 Å². The van der Waals surface area contributed by atoms with Crippen LogP contribution >= 0.6 is 15.9 Å². The van der Waals surface area contributed by atoms with E-state index in [-0.39, 0.29) is 24.7 Å². The molecule has 1 heterocycles. The summed E-state index contributed by atoms with van der Waals surface area (Å²) in [5, 5.41) is 0. The van der Waals surface area contributed by atoms with E-state index in [1.54, 1.807) is 0 Å². The Morgan fingerprint density at radius 1 is 1.36 bits per heavy atom. The van der Waals surface area contributed by atoms with E-state index in [9.17, 15) is 4.79 Å². The molecule has 1 amide bonds. The molecule has 122 valence electrons. The van der Waals surface area contributed by atoms with Gasteiger partial charge in [-0.3, -0.25) is 4.79 Å². The lowest BCUT2D eigenvalue weighted by molar-refractivity contribution is -0.145. The summed E-state index contributed by atoms with van der Waals surface area (Å²) >= 11 is 3.51. The van der Waals surface area contributed by atoms with Gasteiger partial charge in [0.15, 0.2) is 6.61 Å². The standard InChI is InChI=1S/C17H24BrNO3/c1-11(2)14-5-6-16(15(18)7-14)21-10-17(20)19-8-12(3)22-13(4)9-19/h5-7,11-13H,8-10H2,1-4H3/t12-,13+. The first-order valence-corrected chi connectivity index (χ1v) is 8.51. The highest BCUT2D eigenvalue weighted by Crippen LogP contribution is 2.29. The molecule has 22 heavy (non-hydrogen) atoms. The highest BCUT2D eigenvalue weighted by Gasteiger charge is 2.26. The first kappa shape index (κ1) is 17.3. The maximum Gasteiger partial charge on any atom is 0.260 e. The number of halogens is 1. The number of benzene rings is 1.